The number of nitrogens with one attached hydrogen (secondary N) is 1. The van der Waals surface area contributed by atoms with Crippen LogP contribution in [-0.4, -0.2) is 23.5 Å². The van der Waals surface area contributed by atoms with Crippen LogP contribution in [0.15, 0.2) is 66.7 Å². The number of pyridine rings is 1. The van der Waals surface area contributed by atoms with Gasteiger partial charge in [-0.3, -0.25) is 4.79 Å². The molecular formula is C26H20Cl2N2O3. The van der Waals surface area contributed by atoms with Crippen LogP contribution in [0.5, 0.6) is 0 Å². The molecule has 0 unspecified atom stereocenters. The predicted molar refractivity (Wildman–Crippen MR) is 132 cm³/mol. The molecule has 7 heteroatoms. The first kappa shape index (κ1) is 22.8. The number of carbonyl (C=O) groups is 2. The van der Waals surface area contributed by atoms with Gasteiger partial charge >= 0.3 is 5.97 Å². The number of para-hydroxylation sites is 1. The van der Waals surface area contributed by atoms with Crippen molar-refractivity contribution in [3.63, 3.8) is 0 Å². The fourth-order valence-corrected chi connectivity index (χ4v) is 3.95. The summed E-state index contributed by atoms with van der Waals surface area (Å²) in [5.41, 5.74) is 4.66. The molecule has 0 aliphatic carbocycles. The average molecular weight is 479 g/mol. The van der Waals surface area contributed by atoms with Crippen LogP contribution in [0.3, 0.4) is 0 Å². The molecule has 0 atom stereocenters. The number of anilines is 1. The van der Waals surface area contributed by atoms with Crippen molar-refractivity contribution in [2.45, 2.75) is 13.8 Å². The second-order valence-electron chi connectivity index (χ2n) is 7.64. The number of carbonyl (C=O) groups excluding carboxylic acids is 2. The molecule has 0 fully saturated rings. The van der Waals surface area contributed by atoms with Gasteiger partial charge in [0.15, 0.2) is 6.61 Å². The van der Waals surface area contributed by atoms with Crippen molar-refractivity contribution in [1.82, 2.24) is 4.98 Å². The van der Waals surface area contributed by atoms with Crippen molar-refractivity contribution in [2.24, 2.45) is 0 Å². The number of aromatic nitrogens is 1. The Hall–Kier alpha value is -3.41. The van der Waals surface area contributed by atoms with Gasteiger partial charge in [-0.05, 0) is 61.4 Å². The van der Waals surface area contributed by atoms with Gasteiger partial charge in [0.2, 0.25) is 0 Å². The van der Waals surface area contributed by atoms with Crippen molar-refractivity contribution >= 4 is 51.7 Å². The van der Waals surface area contributed by atoms with Gasteiger partial charge in [0, 0.05) is 21.7 Å². The fraction of sp³-hybridized carbons (Fsp3) is 0.115. The van der Waals surface area contributed by atoms with Crippen LogP contribution in [0, 0.1) is 13.8 Å². The van der Waals surface area contributed by atoms with Crippen LogP contribution < -0.4 is 5.32 Å². The summed E-state index contributed by atoms with van der Waals surface area (Å²) < 4.78 is 5.35. The highest BCUT2D eigenvalue weighted by Crippen LogP contribution is 2.32. The molecule has 0 saturated heterocycles. The number of benzene rings is 3. The summed E-state index contributed by atoms with van der Waals surface area (Å²) in [5.74, 6) is -1.05. The van der Waals surface area contributed by atoms with Crippen LogP contribution in [0.25, 0.3) is 22.2 Å². The van der Waals surface area contributed by atoms with E-state index in [1.807, 2.05) is 44.2 Å². The van der Waals surface area contributed by atoms with Gasteiger partial charge in [0.1, 0.15) is 0 Å². The number of aryl methyl sites for hydroxylation is 2. The SMILES string of the molecule is Cc1ccc(C)c(NC(=O)COC(=O)c2cc(-c3ccc(Cl)cc3Cl)nc3ccccc23)c1. The molecule has 1 N–H and O–H groups in total. The summed E-state index contributed by atoms with van der Waals surface area (Å²) in [6.07, 6.45) is 0. The quantitative estimate of drug-likeness (QED) is 0.327. The van der Waals surface area contributed by atoms with Crippen molar-refractivity contribution in [2.75, 3.05) is 11.9 Å². The van der Waals surface area contributed by atoms with Gasteiger partial charge in [-0.25, -0.2) is 9.78 Å². The molecule has 5 nitrogen and oxygen atoms in total. The highest BCUT2D eigenvalue weighted by atomic mass is 35.5. The van der Waals surface area contributed by atoms with Crippen LogP contribution in [0.2, 0.25) is 10.0 Å². The standard InChI is InChI=1S/C26H20Cl2N2O3/c1-15-7-8-16(2)23(11-15)30-25(31)14-33-26(32)20-13-24(19-10-9-17(27)12-21(19)28)29-22-6-4-3-5-18(20)22/h3-13H,14H2,1-2H3,(H,30,31). The van der Waals surface area contributed by atoms with E-state index >= 15 is 0 Å². The van der Waals surface area contributed by atoms with Gasteiger partial charge in [-0.2, -0.15) is 0 Å². The van der Waals surface area contributed by atoms with Crippen LogP contribution in [0.1, 0.15) is 21.5 Å². The molecule has 4 aromatic rings. The Morgan fingerprint density at radius 3 is 2.55 bits per heavy atom. The molecule has 0 radical (unpaired) electrons. The lowest BCUT2D eigenvalue weighted by atomic mass is 10.0. The lowest BCUT2D eigenvalue weighted by Gasteiger charge is -2.12. The number of amides is 1. The van der Waals surface area contributed by atoms with E-state index in [0.717, 1.165) is 11.1 Å². The smallest absolute Gasteiger partial charge is 0.339 e. The highest BCUT2D eigenvalue weighted by Gasteiger charge is 2.18. The van der Waals surface area contributed by atoms with E-state index in [0.29, 0.717) is 43.5 Å². The second kappa shape index (κ2) is 9.61. The third kappa shape index (κ3) is 5.16. The number of nitrogens with zero attached hydrogens (tertiary/aromatic N) is 1. The molecule has 0 saturated carbocycles. The number of halogens is 2. The summed E-state index contributed by atoms with van der Waals surface area (Å²) in [5, 5.41) is 4.32. The summed E-state index contributed by atoms with van der Waals surface area (Å²) >= 11 is 12.4. The predicted octanol–water partition coefficient (Wildman–Crippen LogP) is 6.62. The first-order valence-corrected chi connectivity index (χ1v) is 11.0. The van der Waals surface area contributed by atoms with Gasteiger partial charge in [-0.15, -0.1) is 0 Å². The zero-order chi connectivity index (χ0) is 23.5. The Morgan fingerprint density at radius 1 is 0.970 bits per heavy atom. The summed E-state index contributed by atoms with van der Waals surface area (Å²) in [6, 6.07) is 19.6. The first-order valence-electron chi connectivity index (χ1n) is 10.2. The summed E-state index contributed by atoms with van der Waals surface area (Å²) in [7, 11) is 0. The van der Waals surface area contributed by atoms with E-state index < -0.39 is 18.5 Å². The molecule has 4 rings (SSSR count). The van der Waals surface area contributed by atoms with E-state index in [9.17, 15) is 9.59 Å². The number of esters is 1. The number of hydrogen-bond donors (Lipinski definition) is 1. The topological polar surface area (TPSA) is 68.3 Å². The Balaban J connectivity index is 1.59. The Morgan fingerprint density at radius 2 is 1.76 bits per heavy atom. The molecule has 0 aliphatic heterocycles. The molecule has 1 amide bonds. The fourth-order valence-electron chi connectivity index (χ4n) is 3.45. The maximum atomic E-state index is 13.0. The van der Waals surface area contributed by atoms with Gasteiger partial charge in [-0.1, -0.05) is 53.5 Å². The van der Waals surface area contributed by atoms with Crippen LogP contribution in [-0.2, 0) is 9.53 Å². The lowest BCUT2D eigenvalue weighted by Crippen LogP contribution is -2.21. The maximum Gasteiger partial charge on any atom is 0.339 e. The minimum Gasteiger partial charge on any atom is -0.452 e. The van der Waals surface area contributed by atoms with E-state index in [-0.39, 0.29) is 0 Å². The molecule has 33 heavy (non-hydrogen) atoms. The molecule has 1 aromatic heterocycles. The molecule has 0 aliphatic rings. The Labute approximate surface area is 201 Å². The number of fused-ring (bicyclic) bond motifs is 1. The molecular weight excluding hydrogens is 459 g/mol. The minimum atomic E-state index is -0.629. The zero-order valence-corrected chi connectivity index (χ0v) is 19.5. The van der Waals surface area contributed by atoms with Gasteiger partial charge < -0.3 is 10.1 Å². The largest absolute Gasteiger partial charge is 0.452 e. The third-order valence-corrected chi connectivity index (χ3v) is 5.69. The number of hydrogen-bond acceptors (Lipinski definition) is 4. The average Bonchev–Trinajstić information content (AvgIpc) is 2.79. The van der Waals surface area contributed by atoms with E-state index in [4.69, 9.17) is 27.9 Å². The minimum absolute atomic E-state index is 0.293. The molecule has 1 heterocycles. The normalized spacial score (nSPS) is 10.8. The van der Waals surface area contributed by atoms with Crippen molar-refractivity contribution in [3.05, 3.63) is 93.5 Å². The number of ether oxygens (including phenoxy) is 1. The molecule has 0 bridgehead atoms. The molecule has 0 spiro atoms. The summed E-state index contributed by atoms with van der Waals surface area (Å²) in [6.45, 7) is 3.42. The van der Waals surface area contributed by atoms with Gasteiger partial charge in [0.25, 0.3) is 5.91 Å². The Kier molecular flexibility index (Phi) is 6.63. The lowest BCUT2D eigenvalue weighted by molar-refractivity contribution is -0.119. The van der Waals surface area contributed by atoms with E-state index in [1.54, 1.807) is 36.4 Å². The zero-order valence-electron chi connectivity index (χ0n) is 18.0. The van der Waals surface area contributed by atoms with Crippen molar-refractivity contribution in [1.29, 1.82) is 0 Å². The van der Waals surface area contributed by atoms with Gasteiger partial charge in [0.05, 0.1) is 21.8 Å². The van der Waals surface area contributed by atoms with Crippen LogP contribution >= 0.6 is 23.2 Å². The summed E-state index contributed by atoms with van der Waals surface area (Å²) in [4.78, 5) is 30.0. The first-order chi connectivity index (χ1) is 15.8. The van der Waals surface area contributed by atoms with Crippen LogP contribution in [0.4, 0.5) is 5.69 Å². The monoisotopic (exact) mass is 478 g/mol. The molecule has 3 aromatic carbocycles. The van der Waals surface area contributed by atoms with Crippen molar-refractivity contribution in [3.8, 4) is 11.3 Å². The highest BCUT2D eigenvalue weighted by molar-refractivity contribution is 6.36. The van der Waals surface area contributed by atoms with E-state index in [1.165, 1.54) is 0 Å². The molecule has 166 valence electrons. The third-order valence-electron chi connectivity index (χ3n) is 5.14. The maximum absolute atomic E-state index is 13.0. The van der Waals surface area contributed by atoms with E-state index in [2.05, 4.69) is 10.3 Å². The second-order valence-corrected chi connectivity index (χ2v) is 8.48. The Bertz CT molecular complexity index is 1390. The van der Waals surface area contributed by atoms with Crippen molar-refractivity contribution < 1.29 is 14.3 Å². The number of rotatable bonds is 5.